The number of rotatable bonds is 5. The van der Waals surface area contributed by atoms with E-state index in [9.17, 15) is 0 Å². The number of hydrogen-bond donors (Lipinski definition) is 3. The van der Waals surface area contributed by atoms with E-state index in [0.717, 1.165) is 0 Å². The maximum absolute atomic E-state index is 8.91. The molecular weight excluding hydrogens is 198 g/mol. The summed E-state index contributed by atoms with van der Waals surface area (Å²) in [6.07, 6.45) is 0. The van der Waals surface area contributed by atoms with Gasteiger partial charge in [-0.15, -0.1) is 11.3 Å². The second kappa shape index (κ2) is 5.46. The van der Waals surface area contributed by atoms with Gasteiger partial charge in [-0.2, -0.15) is 0 Å². The maximum atomic E-state index is 8.91. The largest absolute Gasteiger partial charge is 0.395 e. The molecule has 0 saturated heterocycles. The highest BCUT2D eigenvalue weighted by molar-refractivity contribution is 7.12. The zero-order chi connectivity index (χ0) is 10.6. The van der Waals surface area contributed by atoms with Crippen LogP contribution in [0.4, 0.5) is 0 Å². The van der Waals surface area contributed by atoms with Crippen molar-refractivity contribution < 1.29 is 10.2 Å². The molecule has 0 amide bonds. The highest BCUT2D eigenvalue weighted by Crippen LogP contribution is 2.22. The van der Waals surface area contributed by atoms with Crippen molar-refractivity contribution in [3.05, 3.63) is 21.9 Å². The summed E-state index contributed by atoms with van der Waals surface area (Å²) in [6, 6.07) is 4.10. The standard InChI is InChI=1S/C10H17NO2S/c1-7-3-4-10(14-7)8(2)11-9(5-12)6-13/h3-4,8-9,11-13H,5-6H2,1-2H3. The molecule has 4 heteroatoms. The molecule has 0 aromatic carbocycles. The molecule has 1 unspecified atom stereocenters. The van der Waals surface area contributed by atoms with Crippen LogP contribution in [0.5, 0.6) is 0 Å². The SMILES string of the molecule is Cc1ccc(C(C)NC(CO)CO)s1. The van der Waals surface area contributed by atoms with Gasteiger partial charge in [0, 0.05) is 15.8 Å². The Hall–Kier alpha value is -0.420. The van der Waals surface area contributed by atoms with E-state index in [2.05, 4.69) is 24.4 Å². The Morgan fingerprint density at radius 3 is 2.43 bits per heavy atom. The van der Waals surface area contributed by atoms with E-state index in [1.165, 1.54) is 9.75 Å². The molecule has 1 aromatic rings. The van der Waals surface area contributed by atoms with Gasteiger partial charge in [0.15, 0.2) is 0 Å². The first-order valence-corrected chi connectivity index (χ1v) is 5.53. The molecule has 0 aliphatic rings. The highest BCUT2D eigenvalue weighted by atomic mass is 32.1. The van der Waals surface area contributed by atoms with Gasteiger partial charge >= 0.3 is 0 Å². The van der Waals surface area contributed by atoms with Gasteiger partial charge in [0.05, 0.1) is 19.3 Å². The molecule has 0 spiro atoms. The van der Waals surface area contributed by atoms with Crippen molar-refractivity contribution in [3.8, 4) is 0 Å². The van der Waals surface area contributed by atoms with Crippen LogP contribution in [0.3, 0.4) is 0 Å². The van der Waals surface area contributed by atoms with Gasteiger partial charge in [-0.3, -0.25) is 0 Å². The molecule has 1 rings (SSSR count). The smallest absolute Gasteiger partial charge is 0.0607 e. The maximum Gasteiger partial charge on any atom is 0.0607 e. The number of aliphatic hydroxyl groups is 2. The van der Waals surface area contributed by atoms with Gasteiger partial charge < -0.3 is 15.5 Å². The van der Waals surface area contributed by atoms with Crippen LogP contribution in [-0.2, 0) is 0 Å². The summed E-state index contributed by atoms with van der Waals surface area (Å²) in [6.45, 7) is 4.02. The van der Waals surface area contributed by atoms with Gasteiger partial charge in [0.2, 0.25) is 0 Å². The summed E-state index contributed by atoms with van der Waals surface area (Å²) in [5.74, 6) is 0. The van der Waals surface area contributed by atoms with Crippen molar-refractivity contribution in [1.82, 2.24) is 5.32 Å². The fourth-order valence-corrected chi connectivity index (χ4v) is 2.17. The predicted molar refractivity (Wildman–Crippen MR) is 58.6 cm³/mol. The van der Waals surface area contributed by atoms with Crippen molar-refractivity contribution in [1.29, 1.82) is 0 Å². The Bertz CT molecular complexity index is 271. The van der Waals surface area contributed by atoms with Gasteiger partial charge in [-0.25, -0.2) is 0 Å². The van der Waals surface area contributed by atoms with E-state index in [4.69, 9.17) is 10.2 Å². The van der Waals surface area contributed by atoms with Crippen LogP contribution in [0, 0.1) is 6.92 Å². The minimum absolute atomic E-state index is 0.0365. The van der Waals surface area contributed by atoms with Crippen molar-refractivity contribution in [2.75, 3.05) is 13.2 Å². The minimum Gasteiger partial charge on any atom is -0.395 e. The normalized spacial score (nSPS) is 13.5. The molecule has 3 nitrogen and oxygen atoms in total. The lowest BCUT2D eigenvalue weighted by Crippen LogP contribution is -2.37. The zero-order valence-electron chi connectivity index (χ0n) is 8.53. The highest BCUT2D eigenvalue weighted by Gasteiger charge is 2.12. The molecule has 3 N–H and O–H groups in total. The minimum atomic E-state index is -0.229. The average Bonchev–Trinajstić information content (AvgIpc) is 2.61. The lowest BCUT2D eigenvalue weighted by molar-refractivity contribution is 0.164. The van der Waals surface area contributed by atoms with Gasteiger partial charge in [-0.05, 0) is 26.0 Å². The zero-order valence-corrected chi connectivity index (χ0v) is 9.34. The third kappa shape index (κ3) is 3.06. The first-order valence-electron chi connectivity index (χ1n) is 4.71. The lowest BCUT2D eigenvalue weighted by Gasteiger charge is -2.18. The molecule has 0 saturated carbocycles. The van der Waals surface area contributed by atoms with Crippen molar-refractivity contribution in [2.45, 2.75) is 25.9 Å². The van der Waals surface area contributed by atoms with Crippen molar-refractivity contribution >= 4 is 11.3 Å². The van der Waals surface area contributed by atoms with E-state index in [-0.39, 0.29) is 25.3 Å². The second-order valence-electron chi connectivity index (χ2n) is 3.40. The third-order valence-corrected chi connectivity index (χ3v) is 3.30. The molecule has 0 aliphatic heterocycles. The summed E-state index contributed by atoms with van der Waals surface area (Å²) in [5.41, 5.74) is 0. The molecular formula is C10H17NO2S. The lowest BCUT2D eigenvalue weighted by atomic mass is 10.2. The summed E-state index contributed by atoms with van der Waals surface area (Å²) in [7, 11) is 0. The molecule has 80 valence electrons. The Balaban J connectivity index is 2.53. The summed E-state index contributed by atoms with van der Waals surface area (Å²) >= 11 is 1.73. The first kappa shape index (κ1) is 11.7. The molecule has 1 atom stereocenters. The monoisotopic (exact) mass is 215 g/mol. The van der Waals surface area contributed by atoms with Crippen LogP contribution in [-0.4, -0.2) is 29.5 Å². The number of thiophene rings is 1. The number of aliphatic hydroxyl groups excluding tert-OH is 2. The number of hydrogen-bond acceptors (Lipinski definition) is 4. The van der Waals surface area contributed by atoms with Crippen LogP contribution in [0.15, 0.2) is 12.1 Å². The third-order valence-electron chi connectivity index (χ3n) is 2.11. The average molecular weight is 215 g/mol. The second-order valence-corrected chi connectivity index (χ2v) is 4.72. The Kier molecular flexibility index (Phi) is 4.54. The van der Waals surface area contributed by atoms with Crippen LogP contribution in [0.25, 0.3) is 0 Å². The topological polar surface area (TPSA) is 52.5 Å². The van der Waals surface area contributed by atoms with Crippen LogP contribution in [0.2, 0.25) is 0 Å². The predicted octanol–water partition coefficient (Wildman–Crippen LogP) is 1.06. The number of aryl methyl sites for hydroxylation is 1. The summed E-state index contributed by atoms with van der Waals surface area (Å²) in [4.78, 5) is 2.51. The van der Waals surface area contributed by atoms with Crippen LogP contribution in [0.1, 0.15) is 22.7 Å². The molecule has 14 heavy (non-hydrogen) atoms. The molecule has 0 fully saturated rings. The van der Waals surface area contributed by atoms with Crippen molar-refractivity contribution in [2.24, 2.45) is 0 Å². The Morgan fingerprint density at radius 1 is 1.36 bits per heavy atom. The fourth-order valence-electron chi connectivity index (χ4n) is 1.28. The molecule has 1 heterocycles. The van der Waals surface area contributed by atoms with Crippen molar-refractivity contribution in [3.63, 3.8) is 0 Å². The van der Waals surface area contributed by atoms with Gasteiger partial charge in [-0.1, -0.05) is 0 Å². The van der Waals surface area contributed by atoms with Gasteiger partial charge in [0.25, 0.3) is 0 Å². The Morgan fingerprint density at radius 2 is 2.00 bits per heavy atom. The van der Waals surface area contributed by atoms with E-state index in [1.54, 1.807) is 11.3 Å². The van der Waals surface area contributed by atoms with E-state index in [0.29, 0.717) is 0 Å². The van der Waals surface area contributed by atoms with E-state index >= 15 is 0 Å². The fraction of sp³-hybridized carbons (Fsp3) is 0.600. The first-order chi connectivity index (χ1) is 6.67. The van der Waals surface area contributed by atoms with Crippen LogP contribution >= 0.6 is 11.3 Å². The molecule has 0 radical (unpaired) electrons. The Labute approximate surface area is 88.4 Å². The van der Waals surface area contributed by atoms with E-state index < -0.39 is 0 Å². The summed E-state index contributed by atoms with van der Waals surface area (Å²) in [5, 5.41) is 21.0. The van der Waals surface area contributed by atoms with Gasteiger partial charge in [0.1, 0.15) is 0 Å². The molecule has 1 aromatic heterocycles. The summed E-state index contributed by atoms with van der Waals surface area (Å²) < 4.78 is 0. The van der Waals surface area contributed by atoms with E-state index in [1.807, 2.05) is 6.92 Å². The number of nitrogens with one attached hydrogen (secondary N) is 1. The molecule has 0 aliphatic carbocycles. The molecule has 0 bridgehead atoms. The van der Waals surface area contributed by atoms with Crippen LogP contribution < -0.4 is 5.32 Å². The quantitative estimate of drug-likeness (QED) is 0.688.